The van der Waals surface area contributed by atoms with Gasteiger partial charge < -0.3 is 0 Å². The topological polar surface area (TPSA) is 43.4 Å². The van der Waals surface area contributed by atoms with Crippen LogP contribution in [-0.2, 0) is 14.3 Å². The molecule has 0 aliphatic carbocycles. The first kappa shape index (κ1) is 11.2. The first-order chi connectivity index (χ1) is 5.12. The second kappa shape index (κ2) is 5.80. The van der Waals surface area contributed by atoms with E-state index in [9.17, 15) is 8.42 Å². The fourth-order valence-electron chi connectivity index (χ4n) is 0.549. The molecule has 0 unspecified atom stereocenters. The van der Waals surface area contributed by atoms with Crippen LogP contribution in [0.3, 0.4) is 0 Å². The standard InChI is InChI=1S/C6H13ClO3S/c1-2-6-11(8,9)10-5-3-4-7/h2-6H2,1H3. The Morgan fingerprint density at radius 1 is 1.45 bits per heavy atom. The lowest BCUT2D eigenvalue weighted by Crippen LogP contribution is -2.10. The van der Waals surface area contributed by atoms with Gasteiger partial charge in [0, 0.05) is 5.88 Å². The molecule has 0 aliphatic rings. The molecule has 5 heteroatoms. The van der Waals surface area contributed by atoms with Gasteiger partial charge in [-0.15, -0.1) is 11.6 Å². The van der Waals surface area contributed by atoms with E-state index in [0.29, 0.717) is 18.7 Å². The van der Waals surface area contributed by atoms with Gasteiger partial charge >= 0.3 is 0 Å². The minimum atomic E-state index is -3.26. The summed E-state index contributed by atoms with van der Waals surface area (Å²) in [5.41, 5.74) is 0. The monoisotopic (exact) mass is 200 g/mol. The SMILES string of the molecule is CCCS(=O)(=O)OCCCCl. The van der Waals surface area contributed by atoms with Crippen LogP contribution in [0, 0.1) is 0 Å². The number of hydrogen-bond acceptors (Lipinski definition) is 3. The predicted octanol–water partition coefficient (Wildman–Crippen LogP) is 1.37. The van der Waals surface area contributed by atoms with Gasteiger partial charge in [0.15, 0.2) is 0 Å². The first-order valence-corrected chi connectivity index (χ1v) is 5.66. The van der Waals surface area contributed by atoms with E-state index in [-0.39, 0.29) is 12.4 Å². The van der Waals surface area contributed by atoms with Crippen LogP contribution in [0.25, 0.3) is 0 Å². The van der Waals surface area contributed by atoms with Crippen molar-refractivity contribution in [3.63, 3.8) is 0 Å². The lowest BCUT2D eigenvalue weighted by Gasteiger charge is -2.01. The Morgan fingerprint density at radius 3 is 2.55 bits per heavy atom. The molecule has 0 fully saturated rings. The second-order valence-corrected chi connectivity index (χ2v) is 4.26. The third-order valence-corrected chi connectivity index (χ3v) is 2.70. The summed E-state index contributed by atoms with van der Waals surface area (Å²) in [7, 11) is -3.26. The minimum Gasteiger partial charge on any atom is -0.270 e. The van der Waals surface area contributed by atoms with Crippen LogP contribution < -0.4 is 0 Å². The fraction of sp³-hybridized carbons (Fsp3) is 1.00. The number of alkyl halides is 1. The molecule has 0 aromatic heterocycles. The second-order valence-electron chi connectivity index (χ2n) is 2.13. The Bertz CT molecular complexity index is 176. The first-order valence-electron chi connectivity index (χ1n) is 3.55. The minimum absolute atomic E-state index is 0.0925. The summed E-state index contributed by atoms with van der Waals surface area (Å²) in [5, 5.41) is 0. The van der Waals surface area contributed by atoms with E-state index in [1.165, 1.54) is 0 Å². The molecular formula is C6H13ClO3S. The van der Waals surface area contributed by atoms with Gasteiger partial charge in [-0.1, -0.05) is 6.92 Å². The summed E-state index contributed by atoms with van der Waals surface area (Å²) >= 11 is 5.33. The van der Waals surface area contributed by atoms with Gasteiger partial charge in [-0.05, 0) is 12.8 Å². The van der Waals surface area contributed by atoms with Crippen molar-refractivity contribution in [2.75, 3.05) is 18.2 Å². The molecule has 0 amide bonds. The molecule has 0 aliphatic heterocycles. The largest absolute Gasteiger partial charge is 0.270 e. The van der Waals surface area contributed by atoms with Crippen molar-refractivity contribution in [1.82, 2.24) is 0 Å². The van der Waals surface area contributed by atoms with E-state index >= 15 is 0 Å². The Kier molecular flexibility index (Phi) is 5.91. The molecule has 0 heterocycles. The van der Waals surface area contributed by atoms with Crippen LogP contribution in [0.15, 0.2) is 0 Å². The van der Waals surface area contributed by atoms with Gasteiger partial charge in [0.05, 0.1) is 12.4 Å². The molecule has 11 heavy (non-hydrogen) atoms. The molecule has 0 atom stereocenters. The summed E-state index contributed by atoms with van der Waals surface area (Å²) < 4.78 is 26.3. The van der Waals surface area contributed by atoms with Crippen molar-refractivity contribution < 1.29 is 12.6 Å². The molecule has 0 N–H and O–H groups in total. The number of halogens is 1. The van der Waals surface area contributed by atoms with Crippen LogP contribution in [0.2, 0.25) is 0 Å². The predicted molar refractivity (Wildman–Crippen MR) is 45.4 cm³/mol. The van der Waals surface area contributed by atoms with Crippen LogP contribution in [0.5, 0.6) is 0 Å². The normalized spacial score (nSPS) is 11.8. The molecular weight excluding hydrogens is 188 g/mol. The van der Waals surface area contributed by atoms with Crippen LogP contribution in [0.1, 0.15) is 19.8 Å². The van der Waals surface area contributed by atoms with Crippen molar-refractivity contribution in [3.05, 3.63) is 0 Å². The van der Waals surface area contributed by atoms with Crippen LogP contribution >= 0.6 is 11.6 Å². The summed E-state index contributed by atoms with van der Waals surface area (Å²) in [5.74, 6) is 0.525. The van der Waals surface area contributed by atoms with Gasteiger partial charge in [-0.3, -0.25) is 4.18 Å². The average Bonchev–Trinajstić information content (AvgIpc) is 1.87. The highest BCUT2D eigenvalue weighted by molar-refractivity contribution is 7.86. The fourth-order valence-corrected chi connectivity index (χ4v) is 1.65. The van der Waals surface area contributed by atoms with Crippen molar-refractivity contribution >= 4 is 21.7 Å². The van der Waals surface area contributed by atoms with E-state index < -0.39 is 10.1 Å². The molecule has 0 aromatic rings. The maximum atomic E-state index is 10.8. The maximum Gasteiger partial charge on any atom is 0.267 e. The molecule has 3 nitrogen and oxygen atoms in total. The molecule has 0 rings (SSSR count). The summed E-state index contributed by atoms with van der Waals surface area (Å²) in [6, 6.07) is 0. The lowest BCUT2D eigenvalue weighted by atomic mass is 10.5. The molecule has 0 saturated carbocycles. The average molecular weight is 201 g/mol. The molecule has 0 saturated heterocycles. The van der Waals surface area contributed by atoms with Gasteiger partial charge in [0.25, 0.3) is 10.1 Å². The van der Waals surface area contributed by atoms with Gasteiger partial charge in [0.1, 0.15) is 0 Å². The van der Waals surface area contributed by atoms with Gasteiger partial charge in [0.2, 0.25) is 0 Å². The molecule has 0 bridgehead atoms. The van der Waals surface area contributed by atoms with Crippen LogP contribution in [0.4, 0.5) is 0 Å². The quantitative estimate of drug-likeness (QED) is 0.370. The maximum absolute atomic E-state index is 10.8. The highest BCUT2D eigenvalue weighted by Crippen LogP contribution is 1.97. The smallest absolute Gasteiger partial charge is 0.267 e. The zero-order valence-electron chi connectivity index (χ0n) is 6.55. The van der Waals surface area contributed by atoms with E-state index in [2.05, 4.69) is 4.18 Å². The van der Waals surface area contributed by atoms with Gasteiger partial charge in [-0.25, -0.2) is 0 Å². The van der Waals surface area contributed by atoms with E-state index in [1.54, 1.807) is 6.92 Å². The van der Waals surface area contributed by atoms with Crippen LogP contribution in [-0.4, -0.2) is 26.7 Å². The third-order valence-electron chi connectivity index (χ3n) is 0.995. The van der Waals surface area contributed by atoms with E-state index in [1.807, 2.05) is 0 Å². The third kappa shape index (κ3) is 6.59. The van der Waals surface area contributed by atoms with Gasteiger partial charge in [-0.2, -0.15) is 8.42 Å². The number of hydrogen-bond donors (Lipinski definition) is 0. The Hall–Kier alpha value is 0.200. The Labute approximate surface area is 72.8 Å². The molecule has 68 valence electrons. The van der Waals surface area contributed by atoms with Crippen molar-refractivity contribution in [1.29, 1.82) is 0 Å². The van der Waals surface area contributed by atoms with Crippen molar-refractivity contribution in [2.45, 2.75) is 19.8 Å². The summed E-state index contributed by atoms with van der Waals surface area (Å²) in [6.45, 7) is 1.99. The Balaban J connectivity index is 3.56. The molecule has 0 spiro atoms. The molecule has 0 aromatic carbocycles. The zero-order valence-corrected chi connectivity index (χ0v) is 8.12. The lowest BCUT2D eigenvalue weighted by molar-refractivity contribution is 0.318. The van der Waals surface area contributed by atoms with Crippen molar-refractivity contribution in [2.24, 2.45) is 0 Å². The van der Waals surface area contributed by atoms with Crippen molar-refractivity contribution in [3.8, 4) is 0 Å². The summed E-state index contributed by atoms with van der Waals surface area (Å²) in [6.07, 6.45) is 1.16. The summed E-state index contributed by atoms with van der Waals surface area (Å²) in [4.78, 5) is 0. The number of rotatable bonds is 6. The highest BCUT2D eigenvalue weighted by Gasteiger charge is 2.07. The zero-order chi connectivity index (χ0) is 8.74. The van der Waals surface area contributed by atoms with E-state index in [0.717, 1.165) is 0 Å². The molecule has 0 radical (unpaired) electrons. The highest BCUT2D eigenvalue weighted by atomic mass is 35.5. The Morgan fingerprint density at radius 2 is 2.09 bits per heavy atom. The van der Waals surface area contributed by atoms with E-state index in [4.69, 9.17) is 11.6 Å².